The molecule has 1 unspecified atom stereocenters. The number of hydrogen-bond acceptors (Lipinski definition) is 7. The molecule has 3 N–H and O–H groups in total. The number of nitrogens with one attached hydrogen (secondary N) is 3. The molecule has 0 bridgehead atoms. The van der Waals surface area contributed by atoms with Gasteiger partial charge in [-0.3, -0.25) is 34.5 Å². The molecular formula is C23H22N6O5. The summed E-state index contributed by atoms with van der Waals surface area (Å²) in [6.45, 7) is -0.237. The van der Waals surface area contributed by atoms with Crippen LogP contribution in [0.15, 0.2) is 73.1 Å². The fourth-order valence-corrected chi connectivity index (χ4v) is 3.13. The highest BCUT2D eigenvalue weighted by molar-refractivity contribution is 5.94. The third-order valence-electron chi connectivity index (χ3n) is 4.73. The molecule has 2 heterocycles. The molecule has 174 valence electrons. The van der Waals surface area contributed by atoms with Gasteiger partial charge in [0.2, 0.25) is 11.8 Å². The number of carbonyl (C=O) groups is 3. The molecule has 11 nitrogen and oxygen atoms in total. The lowest BCUT2D eigenvalue weighted by Crippen LogP contribution is -2.40. The molecule has 0 radical (unpaired) electrons. The van der Waals surface area contributed by atoms with Crippen molar-refractivity contribution >= 4 is 23.4 Å². The van der Waals surface area contributed by atoms with Crippen molar-refractivity contribution in [1.82, 2.24) is 25.9 Å². The third kappa shape index (κ3) is 6.92. The van der Waals surface area contributed by atoms with E-state index in [2.05, 4.69) is 25.9 Å². The standard InChI is InChI=1S/C23H22N6O5/c30-21(26-14-16-7-3-5-11-24-16)13-19(17-8-1-2-10-20(17)29(33)34)28-22(31)15-27-23(32)18-9-4-6-12-25-18/h1-12,19H,13-15H2,(H,26,30)(H,27,32)(H,28,31). The third-order valence-corrected chi connectivity index (χ3v) is 4.73. The van der Waals surface area contributed by atoms with Gasteiger partial charge in [-0.05, 0) is 24.3 Å². The highest BCUT2D eigenvalue weighted by atomic mass is 16.6. The minimum absolute atomic E-state index is 0.138. The number of hydrogen-bond donors (Lipinski definition) is 3. The van der Waals surface area contributed by atoms with Crippen LogP contribution in [0.1, 0.15) is 34.2 Å². The predicted molar refractivity (Wildman–Crippen MR) is 121 cm³/mol. The first-order valence-electron chi connectivity index (χ1n) is 10.3. The van der Waals surface area contributed by atoms with Gasteiger partial charge >= 0.3 is 0 Å². The van der Waals surface area contributed by atoms with Crippen LogP contribution in [0.2, 0.25) is 0 Å². The number of nitro groups is 1. The number of nitrogens with zero attached hydrogens (tertiary/aromatic N) is 3. The summed E-state index contributed by atoms with van der Waals surface area (Å²) in [4.78, 5) is 56.2. The lowest BCUT2D eigenvalue weighted by molar-refractivity contribution is -0.385. The number of para-hydroxylation sites is 1. The van der Waals surface area contributed by atoms with Gasteiger partial charge in [0.15, 0.2) is 0 Å². The van der Waals surface area contributed by atoms with Crippen LogP contribution in [0.3, 0.4) is 0 Å². The average molecular weight is 462 g/mol. The summed E-state index contributed by atoms with van der Waals surface area (Å²) in [6.07, 6.45) is 2.79. The van der Waals surface area contributed by atoms with E-state index < -0.39 is 35.2 Å². The van der Waals surface area contributed by atoms with Crippen molar-refractivity contribution in [2.24, 2.45) is 0 Å². The Morgan fingerprint density at radius 1 is 0.882 bits per heavy atom. The van der Waals surface area contributed by atoms with Crippen molar-refractivity contribution in [3.05, 3.63) is 100 Å². The maximum absolute atomic E-state index is 12.6. The van der Waals surface area contributed by atoms with Crippen LogP contribution >= 0.6 is 0 Å². The number of rotatable bonds is 10. The van der Waals surface area contributed by atoms with Crippen LogP contribution in [0.5, 0.6) is 0 Å². The molecule has 1 aromatic carbocycles. The van der Waals surface area contributed by atoms with Crippen molar-refractivity contribution in [2.75, 3.05) is 6.54 Å². The van der Waals surface area contributed by atoms with Gasteiger partial charge in [-0.15, -0.1) is 0 Å². The highest BCUT2D eigenvalue weighted by Gasteiger charge is 2.25. The molecular weight excluding hydrogens is 440 g/mol. The van der Waals surface area contributed by atoms with Crippen molar-refractivity contribution in [2.45, 2.75) is 19.0 Å². The predicted octanol–water partition coefficient (Wildman–Crippen LogP) is 1.68. The Labute approximate surface area is 194 Å². The van der Waals surface area contributed by atoms with Gasteiger partial charge in [0.05, 0.1) is 41.7 Å². The second-order valence-electron chi connectivity index (χ2n) is 7.14. The fourth-order valence-electron chi connectivity index (χ4n) is 3.13. The van der Waals surface area contributed by atoms with E-state index in [1.54, 1.807) is 42.6 Å². The maximum atomic E-state index is 12.6. The Kier molecular flexibility index (Phi) is 8.33. The van der Waals surface area contributed by atoms with Crippen LogP contribution < -0.4 is 16.0 Å². The number of benzene rings is 1. The van der Waals surface area contributed by atoms with E-state index in [0.717, 1.165) is 0 Å². The van der Waals surface area contributed by atoms with E-state index in [1.807, 2.05) is 0 Å². The largest absolute Gasteiger partial charge is 0.350 e. The smallest absolute Gasteiger partial charge is 0.274 e. The van der Waals surface area contributed by atoms with Crippen LogP contribution in [0.25, 0.3) is 0 Å². The first-order valence-corrected chi connectivity index (χ1v) is 10.3. The Morgan fingerprint density at radius 2 is 1.59 bits per heavy atom. The fraction of sp³-hybridized carbons (Fsp3) is 0.174. The summed E-state index contributed by atoms with van der Waals surface area (Å²) in [5.74, 6) is -1.61. The first-order chi connectivity index (χ1) is 16.4. The number of nitro benzene ring substituents is 1. The van der Waals surface area contributed by atoms with E-state index >= 15 is 0 Å². The zero-order valence-corrected chi connectivity index (χ0v) is 18.0. The first kappa shape index (κ1) is 24.0. The van der Waals surface area contributed by atoms with E-state index in [4.69, 9.17) is 0 Å². The van der Waals surface area contributed by atoms with Crippen molar-refractivity contribution < 1.29 is 19.3 Å². The van der Waals surface area contributed by atoms with Gasteiger partial charge < -0.3 is 16.0 Å². The molecule has 0 saturated carbocycles. The topological polar surface area (TPSA) is 156 Å². The molecule has 0 aliphatic heterocycles. The normalized spacial score (nSPS) is 11.2. The molecule has 3 rings (SSSR count). The maximum Gasteiger partial charge on any atom is 0.274 e. The van der Waals surface area contributed by atoms with Crippen molar-refractivity contribution in [1.29, 1.82) is 0 Å². The second kappa shape index (κ2) is 11.8. The van der Waals surface area contributed by atoms with Gasteiger partial charge in [-0.25, -0.2) is 0 Å². The summed E-state index contributed by atoms with van der Waals surface area (Å²) >= 11 is 0. The van der Waals surface area contributed by atoms with E-state index in [1.165, 1.54) is 30.5 Å². The van der Waals surface area contributed by atoms with Crippen LogP contribution in [0, 0.1) is 10.1 Å². The Morgan fingerprint density at radius 3 is 2.26 bits per heavy atom. The molecule has 3 aromatic rings. The molecule has 3 amide bonds. The summed E-state index contributed by atoms with van der Waals surface area (Å²) in [5.41, 5.74) is 0.714. The molecule has 0 aliphatic carbocycles. The van der Waals surface area contributed by atoms with Crippen molar-refractivity contribution in [3.63, 3.8) is 0 Å². The Balaban J connectivity index is 1.68. The minimum atomic E-state index is -0.996. The number of carbonyl (C=O) groups excluding carboxylic acids is 3. The Bertz CT molecular complexity index is 1160. The van der Waals surface area contributed by atoms with E-state index in [0.29, 0.717) is 5.69 Å². The number of aromatic nitrogens is 2. The SMILES string of the molecule is O=C(CC(NC(=O)CNC(=O)c1ccccn1)c1ccccc1[N+](=O)[O-])NCc1ccccn1. The van der Waals surface area contributed by atoms with Gasteiger partial charge in [-0.1, -0.05) is 30.3 Å². The number of pyridine rings is 2. The van der Waals surface area contributed by atoms with Gasteiger partial charge in [0.25, 0.3) is 11.6 Å². The monoisotopic (exact) mass is 462 g/mol. The van der Waals surface area contributed by atoms with Gasteiger partial charge in [0.1, 0.15) is 5.69 Å². The molecule has 0 aliphatic rings. The Hall–Kier alpha value is -4.67. The molecule has 1 atom stereocenters. The molecule has 11 heteroatoms. The summed E-state index contributed by atoms with van der Waals surface area (Å²) < 4.78 is 0. The molecule has 2 aromatic heterocycles. The minimum Gasteiger partial charge on any atom is -0.350 e. The van der Waals surface area contributed by atoms with Crippen LogP contribution in [-0.2, 0) is 16.1 Å². The van der Waals surface area contributed by atoms with Crippen LogP contribution in [0.4, 0.5) is 5.69 Å². The summed E-state index contributed by atoms with van der Waals surface area (Å²) in [6, 6.07) is 14.9. The van der Waals surface area contributed by atoms with E-state index in [9.17, 15) is 24.5 Å². The summed E-state index contributed by atoms with van der Waals surface area (Å²) in [5, 5.41) is 19.2. The lowest BCUT2D eigenvalue weighted by atomic mass is 10.0. The van der Waals surface area contributed by atoms with Gasteiger partial charge in [-0.2, -0.15) is 0 Å². The summed E-state index contributed by atoms with van der Waals surface area (Å²) in [7, 11) is 0. The zero-order valence-electron chi connectivity index (χ0n) is 18.0. The zero-order chi connectivity index (χ0) is 24.3. The molecule has 0 fully saturated rings. The second-order valence-corrected chi connectivity index (χ2v) is 7.14. The van der Waals surface area contributed by atoms with Crippen LogP contribution in [-0.4, -0.2) is 39.2 Å². The molecule has 34 heavy (non-hydrogen) atoms. The highest BCUT2D eigenvalue weighted by Crippen LogP contribution is 2.27. The molecule has 0 saturated heterocycles. The average Bonchev–Trinajstić information content (AvgIpc) is 2.86. The molecule has 0 spiro atoms. The van der Waals surface area contributed by atoms with E-state index in [-0.39, 0.29) is 29.9 Å². The quantitative estimate of drug-likeness (QED) is 0.306. The number of amides is 3. The van der Waals surface area contributed by atoms with Crippen molar-refractivity contribution in [3.8, 4) is 0 Å². The lowest BCUT2D eigenvalue weighted by Gasteiger charge is -2.19. The van der Waals surface area contributed by atoms with Gasteiger partial charge in [0, 0.05) is 18.5 Å².